The maximum Gasteiger partial charge on any atom is 0.320 e. The number of ether oxygens (including phenoxy) is 3. The van der Waals surface area contributed by atoms with Crippen LogP contribution < -0.4 is 4.74 Å². The van der Waals surface area contributed by atoms with E-state index < -0.39 is 29.9 Å². The quantitative estimate of drug-likeness (QED) is 0.141. The highest BCUT2D eigenvalue weighted by Crippen LogP contribution is 2.16. The minimum Gasteiger partial charge on any atom is -0.491 e. The van der Waals surface area contributed by atoms with Crippen LogP contribution in [-0.2, 0) is 35.1 Å². The summed E-state index contributed by atoms with van der Waals surface area (Å²) in [4.78, 5) is 53.7. The van der Waals surface area contributed by atoms with E-state index in [-0.39, 0.29) is 72.0 Å². The van der Waals surface area contributed by atoms with Crippen molar-refractivity contribution in [3.63, 3.8) is 0 Å². The van der Waals surface area contributed by atoms with Crippen LogP contribution in [0.4, 0.5) is 0 Å². The number of nitrogens with zero attached hydrogens (tertiary/aromatic N) is 4. The van der Waals surface area contributed by atoms with Gasteiger partial charge in [0.25, 0.3) is 0 Å². The first-order valence-corrected chi connectivity index (χ1v) is 15.7. The summed E-state index contributed by atoms with van der Waals surface area (Å²) in [5.74, 6) is -3.39. The molecule has 0 aromatic heterocycles. The summed E-state index contributed by atoms with van der Waals surface area (Å²) in [6.07, 6.45) is 1.58. The van der Waals surface area contributed by atoms with Gasteiger partial charge in [-0.2, -0.15) is 0 Å². The van der Waals surface area contributed by atoms with Gasteiger partial charge >= 0.3 is 23.9 Å². The topological polar surface area (TPSA) is 190 Å². The number of aliphatic carboxylic acids is 4. The summed E-state index contributed by atoms with van der Waals surface area (Å²) in [6.45, 7) is 5.83. The molecule has 0 amide bonds. The van der Waals surface area contributed by atoms with E-state index in [1.165, 1.54) is 0 Å². The van der Waals surface area contributed by atoms with E-state index in [1.807, 2.05) is 31.2 Å². The van der Waals surface area contributed by atoms with Gasteiger partial charge in [0.1, 0.15) is 18.4 Å². The molecular formula is C31H50N4O11. The molecule has 1 heterocycles. The molecule has 0 radical (unpaired) electrons. The van der Waals surface area contributed by atoms with Crippen molar-refractivity contribution in [3.8, 4) is 5.75 Å². The van der Waals surface area contributed by atoms with E-state index >= 15 is 0 Å². The molecular weight excluding hydrogens is 604 g/mol. The second-order valence-corrected chi connectivity index (χ2v) is 11.1. The molecule has 2 rings (SSSR count). The minimum atomic E-state index is -1.03. The van der Waals surface area contributed by atoms with Gasteiger partial charge in [-0.05, 0) is 43.9 Å². The lowest BCUT2D eigenvalue weighted by atomic mass is 10.0. The average Bonchev–Trinajstić information content (AvgIpc) is 2.99. The van der Waals surface area contributed by atoms with E-state index in [1.54, 1.807) is 19.6 Å². The van der Waals surface area contributed by atoms with Crippen LogP contribution in [0.3, 0.4) is 0 Å². The van der Waals surface area contributed by atoms with Crippen molar-refractivity contribution in [1.82, 2.24) is 19.6 Å². The van der Waals surface area contributed by atoms with Crippen LogP contribution >= 0.6 is 0 Å². The molecule has 4 N–H and O–H groups in total. The Morgan fingerprint density at radius 3 is 1.59 bits per heavy atom. The minimum absolute atomic E-state index is 0.255. The Balaban J connectivity index is 2.02. The molecule has 1 fully saturated rings. The molecule has 0 unspecified atom stereocenters. The van der Waals surface area contributed by atoms with Crippen LogP contribution in [0, 0.1) is 0 Å². The zero-order valence-electron chi connectivity index (χ0n) is 26.8. The van der Waals surface area contributed by atoms with Crippen LogP contribution in [0.2, 0.25) is 0 Å². The largest absolute Gasteiger partial charge is 0.491 e. The first kappa shape index (κ1) is 38.8. The van der Waals surface area contributed by atoms with Crippen LogP contribution in [-0.4, -0.2) is 175 Å². The van der Waals surface area contributed by atoms with Crippen molar-refractivity contribution in [3.05, 3.63) is 29.8 Å². The third kappa shape index (κ3) is 16.8. The number of rotatable bonds is 20. The molecule has 0 spiro atoms. The lowest BCUT2D eigenvalue weighted by Gasteiger charge is -2.35. The monoisotopic (exact) mass is 654 g/mol. The average molecular weight is 655 g/mol. The van der Waals surface area contributed by atoms with Crippen LogP contribution in [0.5, 0.6) is 5.75 Å². The number of hydrogen-bond donors (Lipinski definition) is 4. The Bertz CT molecular complexity index is 1030. The van der Waals surface area contributed by atoms with Gasteiger partial charge in [0.2, 0.25) is 0 Å². The van der Waals surface area contributed by atoms with Gasteiger partial charge in [-0.1, -0.05) is 12.1 Å². The smallest absolute Gasteiger partial charge is 0.320 e. The second kappa shape index (κ2) is 22.2. The van der Waals surface area contributed by atoms with E-state index in [4.69, 9.17) is 14.2 Å². The second-order valence-electron chi connectivity index (χ2n) is 11.1. The number of carboxylic acids is 4. The van der Waals surface area contributed by atoms with E-state index in [9.17, 15) is 39.6 Å². The molecule has 0 aliphatic carbocycles. The molecule has 1 aromatic rings. The molecule has 1 aliphatic heterocycles. The highest BCUT2D eigenvalue weighted by Gasteiger charge is 2.27. The highest BCUT2D eigenvalue weighted by atomic mass is 16.5. The van der Waals surface area contributed by atoms with E-state index in [0.717, 1.165) is 5.56 Å². The van der Waals surface area contributed by atoms with Crippen molar-refractivity contribution in [1.29, 1.82) is 0 Å². The Morgan fingerprint density at radius 1 is 0.674 bits per heavy atom. The van der Waals surface area contributed by atoms with Gasteiger partial charge < -0.3 is 34.6 Å². The van der Waals surface area contributed by atoms with Crippen molar-refractivity contribution in [2.24, 2.45) is 0 Å². The number of benzene rings is 1. The number of carboxylic acid groups (broad SMARTS) is 4. The Labute approximate surface area is 270 Å². The van der Waals surface area contributed by atoms with Gasteiger partial charge in [-0.3, -0.25) is 38.8 Å². The molecule has 15 heteroatoms. The van der Waals surface area contributed by atoms with E-state index in [2.05, 4.69) is 0 Å². The normalized spacial score (nSPS) is 17.1. The van der Waals surface area contributed by atoms with Gasteiger partial charge in [0, 0.05) is 59.0 Å². The number of carbonyl (C=O) groups is 4. The Kier molecular flexibility index (Phi) is 18.8. The molecule has 260 valence electrons. The van der Waals surface area contributed by atoms with Crippen molar-refractivity contribution < 1.29 is 53.8 Å². The number of hydrogen-bond acceptors (Lipinski definition) is 11. The summed E-state index contributed by atoms with van der Waals surface area (Å²) in [5.41, 5.74) is 1.03. The maximum atomic E-state index is 12.5. The zero-order valence-corrected chi connectivity index (χ0v) is 26.8. The third-order valence-corrected chi connectivity index (χ3v) is 7.61. The standard InChI is InChI=1S/C31H50N4O11/c1-2-44-18-19-45-20-21-46-26-8-6-25(7-9-26)4-3-5-27(31(42)43)35-16-14-33(23-29(38)39)12-10-32(22-28(36)37)11-13-34(15-17-35)24-30(40)41/h6-9,27H,2-5,10-24H2,1H3,(H,36,37)(H,38,39)(H,40,41)(H,42,43)/t27-/m0/s1. The molecule has 0 bridgehead atoms. The fraction of sp³-hybridized carbons (Fsp3) is 0.677. The van der Waals surface area contributed by atoms with Gasteiger partial charge in [0.15, 0.2) is 0 Å². The lowest BCUT2D eigenvalue weighted by molar-refractivity contribution is -0.145. The van der Waals surface area contributed by atoms with Gasteiger partial charge in [0.05, 0.1) is 39.5 Å². The molecule has 0 saturated carbocycles. The molecule has 15 nitrogen and oxygen atoms in total. The summed E-state index contributed by atoms with van der Waals surface area (Å²) in [7, 11) is 0. The van der Waals surface area contributed by atoms with Crippen LogP contribution in [0.25, 0.3) is 0 Å². The predicted octanol–water partition coefficient (Wildman–Crippen LogP) is 0.370. The first-order chi connectivity index (χ1) is 22.1. The number of aryl methyl sites for hydroxylation is 1. The fourth-order valence-electron chi connectivity index (χ4n) is 5.21. The van der Waals surface area contributed by atoms with Crippen LogP contribution in [0.15, 0.2) is 24.3 Å². The highest BCUT2D eigenvalue weighted by molar-refractivity contribution is 5.73. The predicted molar refractivity (Wildman–Crippen MR) is 167 cm³/mol. The molecule has 1 aliphatic rings. The summed E-state index contributed by atoms with van der Waals surface area (Å²) in [6, 6.07) is 6.77. The molecule has 1 saturated heterocycles. The summed E-state index contributed by atoms with van der Waals surface area (Å²) >= 11 is 0. The summed E-state index contributed by atoms with van der Waals surface area (Å²) < 4.78 is 16.4. The Hall–Kier alpha value is -3.34. The first-order valence-electron chi connectivity index (χ1n) is 15.7. The SMILES string of the molecule is CCOCCOCCOc1ccc(CCC[C@@H](C(=O)O)N2CCN(CC(=O)O)CCN(CC(=O)O)CCN(CC(=O)O)CC2)cc1. The molecule has 46 heavy (non-hydrogen) atoms. The van der Waals surface area contributed by atoms with Gasteiger partial charge in [-0.15, -0.1) is 0 Å². The van der Waals surface area contributed by atoms with Gasteiger partial charge in [-0.25, -0.2) is 0 Å². The maximum absolute atomic E-state index is 12.5. The zero-order chi connectivity index (χ0) is 33.7. The molecule has 1 atom stereocenters. The van der Waals surface area contributed by atoms with Crippen LogP contribution in [0.1, 0.15) is 25.3 Å². The van der Waals surface area contributed by atoms with Crippen molar-refractivity contribution in [2.45, 2.75) is 32.2 Å². The van der Waals surface area contributed by atoms with Crippen molar-refractivity contribution in [2.75, 3.05) is 105 Å². The molecule has 1 aromatic carbocycles. The lowest BCUT2D eigenvalue weighted by Crippen LogP contribution is -2.51. The fourth-order valence-corrected chi connectivity index (χ4v) is 5.21. The van der Waals surface area contributed by atoms with E-state index in [0.29, 0.717) is 58.0 Å². The van der Waals surface area contributed by atoms with Crippen molar-refractivity contribution >= 4 is 23.9 Å². The third-order valence-electron chi connectivity index (χ3n) is 7.61. The summed E-state index contributed by atoms with van der Waals surface area (Å²) in [5, 5.41) is 38.4. The Morgan fingerprint density at radius 2 is 1.13 bits per heavy atom.